The SMILES string of the molecule is COC(=O)C1CC(=O)N(c2cc(OC)c(Cl)cc2OC)C1. The number of hydrogen-bond acceptors (Lipinski definition) is 5. The van der Waals surface area contributed by atoms with E-state index in [-0.39, 0.29) is 18.9 Å². The topological polar surface area (TPSA) is 65.1 Å². The zero-order chi connectivity index (χ0) is 15.6. The molecule has 0 N–H and O–H groups in total. The van der Waals surface area contributed by atoms with Crippen molar-refractivity contribution in [3.63, 3.8) is 0 Å². The largest absolute Gasteiger partial charge is 0.495 e. The van der Waals surface area contributed by atoms with Gasteiger partial charge in [0.15, 0.2) is 0 Å². The Hall–Kier alpha value is -1.95. The number of amides is 1. The molecule has 1 fully saturated rings. The highest BCUT2D eigenvalue weighted by Crippen LogP contribution is 2.40. The average Bonchev–Trinajstić information content (AvgIpc) is 2.87. The first-order valence-electron chi connectivity index (χ1n) is 6.31. The molecule has 0 saturated carbocycles. The molecule has 1 amide bonds. The van der Waals surface area contributed by atoms with E-state index in [1.807, 2.05) is 0 Å². The molecule has 1 saturated heterocycles. The summed E-state index contributed by atoms with van der Waals surface area (Å²) in [5.74, 6) is -0.172. The number of halogens is 1. The van der Waals surface area contributed by atoms with Crippen LogP contribution in [0.2, 0.25) is 5.02 Å². The Balaban J connectivity index is 2.37. The van der Waals surface area contributed by atoms with Gasteiger partial charge in [0.1, 0.15) is 11.5 Å². The van der Waals surface area contributed by atoms with Gasteiger partial charge in [0, 0.05) is 25.1 Å². The maximum atomic E-state index is 12.1. The van der Waals surface area contributed by atoms with E-state index in [0.29, 0.717) is 22.2 Å². The lowest BCUT2D eigenvalue weighted by molar-refractivity contribution is -0.145. The maximum Gasteiger partial charge on any atom is 0.311 e. The minimum Gasteiger partial charge on any atom is -0.495 e. The van der Waals surface area contributed by atoms with E-state index >= 15 is 0 Å². The number of nitrogens with zero attached hydrogens (tertiary/aromatic N) is 1. The molecule has 0 radical (unpaired) electrons. The van der Waals surface area contributed by atoms with Gasteiger partial charge in [-0.1, -0.05) is 11.6 Å². The highest BCUT2D eigenvalue weighted by Gasteiger charge is 2.37. The average molecular weight is 314 g/mol. The Morgan fingerprint density at radius 2 is 1.90 bits per heavy atom. The predicted octanol–water partition coefficient (Wildman–Crippen LogP) is 1.88. The lowest BCUT2D eigenvalue weighted by atomic mass is 10.1. The van der Waals surface area contributed by atoms with E-state index in [1.165, 1.54) is 26.2 Å². The molecule has 0 bridgehead atoms. The second-order valence-corrected chi connectivity index (χ2v) is 4.99. The number of methoxy groups -OCH3 is 3. The summed E-state index contributed by atoms with van der Waals surface area (Å²) in [6, 6.07) is 3.20. The summed E-state index contributed by atoms with van der Waals surface area (Å²) in [4.78, 5) is 25.2. The van der Waals surface area contributed by atoms with Crippen LogP contribution in [0.1, 0.15) is 6.42 Å². The van der Waals surface area contributed by atoms with Gasteiger partial charge in [-0.05, 0) is 0 Å². The van der Waals surface area contributed by atoms with Gasteiger partial charge in [-0.25, -0.2) is 0 Å². The molecule has 0 spiro atoms. The first-order chi connectivity index (χ1) is 10.0. The Labute approximate surface area is 127 Å². The van der Waals surface area contributed by atoms with Crippen LogP contribution in [0.5, 0.6) is 11.5 Å². The molecule has 0 aliphatic carbocycles. The zero-order valence-corrected chi connectivity index (χ0v) is 12.8. The smallest absolute Gasteiger partial charge is 0.311 e. The molecule has 1 atom stereocenters. The Morgan fingerprint density at radius 3 is 2.48 bits per heavy atom. The van der Waals surface area contributed by atoms with Crippen molar-refractivity contribution >= 4 is 29.2 Å². The number of carbonyl (C=O) groups excluding carboxylic acids is 2. The summed E-state index contributed by atoms with van der Waals surface area (Å²) in [6.45, 7) is 0.243. The van der Waals surface area contributed by atoms with Gasteiger partial charge in [0.2, 0.25) is 5.91 Å². The van der Waals surface area contributed by atoms with Gasteiger partial charge >= 0.3 is 5.97 Å². The number of ether oxygens (including phenoxy) is 3. The Bertz CT molecular complexity index is 575. The van der Waals surface area contributed by atoms with Gasteiger partial charge < -0.3 is 19.1 Å². The molecule has 1 aliphatic rings. The number of rotatable bonds is 4. The molecule has 1 aromatic rings. The first-order valence-corrected chi connectivity index (χ1v) is 6.69. The van der Waals surface area contributed by atoms with Gasteiger partial charge in [-0.3, -0.25) is 9.59 Å². The quantitative estimate of drug-likeness (QED) is 0.794. The summed E-state index contributed by atoms with van der Waals surface area (Å²) in [5.41, 5.74) is 0.523. The summed E-state index contributed by atoms with van der Waals surface area (Å²) in [6.07, 6.45) is 0.112. The van der Waals surface area contributed by atoms with Crippen LogP contribution in [0.3, 0.4) is 0 Å². The normalized spacial score (nSPS) is 17.8. The number of carbonyl (C=O) groups is 2. The van der Waals surface area contributed by atoms with E-state index in [4.69, 9.17) is 25.8 Å². The number of esters is 1. The number of hydrogen-bond donors (Lipinski definition) is 0. The van der Waals surface area contributed by atoms with Crippen molar-refractivity contribution in [3.05, 3.63) is 17.2 Å². The lowest BCUT2D eigenvalue weighted by Crippen LogP contribution is -2.26. The Morgan fingerprint density at radius 1 is 1.24 bits per heavy atom. The molecule has 1 heterocycles. The van der Waals surface area contributed by atoms with Crippen LogP contribution >= 0.6 is 11.6 Å². The zero-order valence-electron chi connectivity index (χ0n) is 12.0. The third-order valence-electron chi connectivity index (χ3n) is 3.40. The third kappa shape index (κ3) is 2.90. The van der Waals surface area contributed by atoms with Crippen molar-refractivity contribution < 1.29 is 23.8 Å². The Kier molecular flexibility index (Phi) is 4.57. The minimum atomic E-state index is -0.478. The molecule has 21 heavy (non-hydrogen) atoms. The second kappa shape index (κ2) is 6.22. The highest BCUT2D eigenvalue weighted by molar-refractivity contribution is 6.32. The van der Waals surface area contributed by atoms with Crippen LogP contribution in [-0.2, 0) is 14.3 Å². The molecule has 7 heteroatoms. The second-order valence-electron chi connectivity index (χ2n) is 4.59. The molecule has 6 nitrogen and oxygen atoms in total. The summed E-state index contributed by atoms with van der Waals surface area (Å²) >= 11 is 6.04. The highest BCUT2D eigenvalue weighted by atomic mass is 35.5. The van der Waals surface area contributed by atoms with Crippen molar-refractivity contribution in [2.75, 3.05) is 32.8 Å². The molecule has 0 aromatic heterocycles. The van der Waals surface area contributed by atoms with Crippen molar-refractivity contribution in [1.29, 1.82) is 0 Å². The van der Waals surface area contributed by atoms with Crippen molar-refractivity contribution in [3.8, 4) is 11.5 Å². The van der Waals surface area contributed by atoms with Crippen LogP contribution in [0.25, 0.3) is 0 Å². The maximum absolute atomic E-state index is 12.1. The fourth-order valence-electron chi connectivity index (χ4n) is 2.32. The molecule has 1 aromatic carbocycles. The van der Waals surface area contributed by atoms with E-state index < -0.39 is 11.9 Å². The summed E-state index contributed by atoms with van der Waals surface area (Å²) in [5, 5.41) is 0.384. The fraction of sp³-hybridized carbons (Fsp3) is 0.429. The molecule has 2 rings (SSSR count). The van der Waals surface area contributed by atoms with Crippen LogP contribution in [0, 0.1) is 5.92 Å². The van der Waals surface area contributed by atoms with E-state index in [9.17, 15) is 9.59 Å². The van der Waals surface area contributed by atoms with Crippen molar-refractivity contribution in [2.24, 2.45) is 5.92 Å². The van der Waals surface area contributed by atoms with Gasteiger partial charge in [0.05, 0.1) is 38.0 Å². The minimum absolute atomic E-state index is 0.112. The van der Waals surface area contributed by atoms with Crippen molar-refractivity contribution in [1.82, 2.24) is 0 Å². The molecular weight excluding hydrogens is 298 g/mol. The number of benzene rings is 1. The predicted molar refractivity (Wildman–Crippen MR) is 77.0 cm³/mol. The summed E-state index contributed by atoms with van der Waals surface area (Å²) in [7, 11) is 4.28. The van der Waals surface area contributed by atoms with Crippen LogP contribution in [0.4, 0.5) is 5.69 Å². The van der Waals surface area contributed by atoms with Crippen molar-refractivity contribution in [2.45, 2.75) is 6.42 Å². The molecular formula is C14H16ClNO5. The first kappa shape index (κ1) is 15.4. The molecule has 114 valence electrons. The van der Waals surface area contributed by atoms with Crippen LogP contribution in [0.15, 0.2) is 12.1 Å². The van der Waals surface area contributed by atoms with Crippen LogP contribution in [-0.4, -0.2) is 39.8 Å². The van der Waals surface area contributed by atoms with E-state index in [0.717, 1.165) is 0 Å². The van der Waals surface area contributed by atoms with Gasteiger partial charge in [-0.15, -0.1) is 0 Å². The summed E-state index contributed by atoms with van der Waals surface area (Å²) < 4.78 is 15.1. The molecule has 1 aliphatic heterocycles. The molecule has 1 unspecified atom stereocenters. The third-order valence-corrected chi connectivity index (χ3v) is 3.70. The van der Waals surface area contributed by atoms with Gasteiger partial charge in [0.25, 0.3) is 0 Å². The number of anilines is 1. The standard InChI is InChI=1S/C14H16ClNO5/c1-19-11-6-10(12(20-2)5-9(11)15)16-7-8(4-13(16)17)14(18)21-3/h5-6,8H,4,7H2,1-3H3. The van der Waals surface area contributed by atoms with E-state index in [1.54, 1.807) is 12.1 Å². The van der Waals surface area contributed by atoms with Crippen LogP contribution < -0.4 is 14.4 Å². The monoisotopic (exact) mass is 313 g/mol. The fourth-order valence-corrected chi connectivity index (χ4v) is 2.55. The van der Waals surface area contributed by atoms with E-state index in [2.05, 4.69) is 0 Å². The lowest BCUT2D eigenvalue weighted by Gasteiger charge is -2.20. The van der Waals surface area contributed by atoms with Gasteiger partial charge in [-0.2, -0.15) is 0 Å².